The molecule has 0 bridgehead atoms. The molecule has 1 aromatic heterocycles. The first-order valence-corrected chi connectivity index (χ1v) is 4.44. The summed E-state index contributed by atoms with van der Waals surface area (Å²) in [6.45, 7) is 2.15. The molecule has 1 atom stereocenters. The fourth-order valence-corrected chi connectivity index (χ4v) is 1.32. The molecule has 0 aliphatic carbocycles. The average Bonchev–Trinajstić information content (AvgIpc) is 2.10. The van der Waals surface area contributed by atoms with Crippen LogP contribution < -0.4 is 5.32 Å². The highest BCUT2D eigenvalue weighted by Crippen LogP contribution is 2.20. The van der Waals surface area contributed by atoms with E-state index in [1.54, 1.807) is 0 Å². The molecule has 3 heteroatoms. The monoisotopic (exact) mass is 181 g/mol. The quantitative estimate of drug-likeness (QED) is 0.739. The standard InChI is InChI=1S/C10H13NO2.H2/c1-7(11-2)5-8-3-4-9-10(6-8)13-12-9;/h3-4,6-7,11H,5H2,1-2H3;1H. The molecule has 2 aromatic rings. The fourth-order valence-electron chi connectivity index (χ4n) is 1.32. The Hall–Kier alpha value is -1.22. The van der Waals surface area contributed by atoms with Crippen LogP contribution in [0.1, 0.15) is 13.9 Å². The van der Waals surface area contributed by atoms with Crippen molar-refractivity contribution in [3.05, 3.63) is 23.8 Å². The highest BCUT2D eigenvalue weighted by molar-refractivity contribution is 5.71. The SMILES string of the molecule is CNC(C)Cc1ccc2ooc2c1.[HH]. The van der Waals surface area contributed by atoms with E-state index >= 15 is 0 Å². The van der Waals surface area contributed by atoms with Crippen LogP contribution in [0, 0.1) is 0 Å². The number of hydrogen-bond donors (Lipinski definition) is 1. The lowest BCUT2D eigenvalue weighted by molar-refractivity contribution is 0.0588. The summed E-state index contributed by atoms with van der Waals surface area (Å²) in [4.78, 5) is 0. The highest BCUT2D eigenvalue weighted by atomic mass is 17.0. The molecule has 72 valence electrons. The van der Waals surface area contributed by atoms with Crippen LogP contribution in [0.3, 0.4) is 0 Å². The highest BCUT2D eigenvalue weighted by Gasteiger charge is 2.06. The lowest BCUT2D eigenvalue weighted by Gasteiger charge is -2.09. The Morgan fingerprint density at radius 1 is 1.38 bits per heavy atom. The number of rotatable bonds is 3. The molecule has 0 fully saturated rings. The van der Waals surface area contributed by atoms with E-state index in [1.165, 1.54) is 5.56 Å². The van der Waals surface area contributed by atoms with Gasteiger partial charge in [-0.05, 0) is 38.1 Å². The number of likely N-dealkylation sites (N-methyl/N-ethyl adjacent to an activating group) is 1. The van der Waals surface area contributed by atoms with Gasteiger partial charge in [-0.15, -0.1) is 0 Å². The zero-order valence-electron chi connectivity index (χ0n) is 7.83. The molecule has 0 amide bonds. The molecular formula is C10H15NO2. The number of benzene rings is 1. The van der Waals surface area contributed by atoms with Crippen LogP contribution in [0.5, 0.6) is 0 Å². The third kappa shape index (κ3) is 1.60. The minimum Gasteiger partial charge on any atom is -0.317 e. The normalized spacial score (nSPS) is 13.7. The molecule has 1 heterocycles. The topological polar surface area (TPSA) is 38.3 Å². The summed E-state index contributed by atoms with van der Waals surface area (Å²) < 4.78 is 9.56. The Bertz CT molecular complexity index is 393. The molecule has 0 aliphatic rings. The van der Waals surface area contributed by atoms with Gasteiger partial charge in [-0.2, -0.15) is 0 Å². The van der Waals surface area contributed by atoms with E-state index in [-0.39, 0.29) is 1.43 Å². The van der Waals surface area contributed by atoms with Crippen LogP contribution >= 0.6 is 0 Å². The van der Waals surface area contributed by atoms with E-state index in [1.807, 2.05) is 19.2 Å². The molecule has 3 nitrogen and oxygen atoms in total. The smallest absolute Gasteiger partial charge is 0.225 e. The Labute approximate surface area is 78.1 Å². The first-order valence-electron chi connectivity index (χ1n) is 4.44. The molecule has 0 aliphatic heterocycles. The van der Waals surface area contributed by atoms with Crippen LogP contribution in [0.2, 0.25) is 0 Å². The van der Waals surface area contributed by atoms with Gasteiger partial charge in [0.15, 0.2) is 0 Å². The van der Waals surface area contributed by atoms with E-state index in [9.17, 15) is 0 Å². The predicted octanol–water partition coefficient (Wildman–Crippen LogP) is 2.42. The Morgan fingerprint density at radius 3 is 2.69 bits per heavy atom. The third-order valence-corrected chi connectivity index (χ3v) is 2.26. The van der Waals surface area contributed by atoms with Crippen LogP contribution in [0.15, 0.2) is 27.4 Å². The fraction of sp³-hybridized carbons (Fsp3) is 0.400. The first kappa shape index (κ1) is 8.38. The van der Waals surface area contributed by atoms with Crippen molar-refractivity contribution < 1.29 is 10.6 Å². The minimum atomic E-state index is 0. The molecule has 1 unspecified atom stereocenters. The molecule has 13 heavy (non-hydrogen) atoms. The van der Waals surface area contributed by atoms with Gasteiger partial charge in [0, 0.05) is 7.47 Å². The predicted molar refractivity (Wildman–Crippen MR) is 52.8 cm³/mol. The van der Waals surface area contributed by atoms with Crippen molar-refractivity contribution in [2.45, 2.75) is 19.4 Å². The van der Waals surface area contributed by atoms with Crippen LogP contribution in [0.4, 0.5) is 0 Å². The molecule has 0 saturated heterocycles. The van der Waals surface area contributed by atoms with Gasteiger partial charge in [0.1, 0.15) is 0 Å². The minimum absolute atomic E-state index is 0. The largest absolute Gasteiger partial charge is 0.317 e. The second kappa shape index (κ2) is 3.26. The Balaban J connectivity index is 0.000000980. The summed E-state index contributed by atoms with van der Waals surface area (Å²) in [6.07, 6.45) is 1.01. The van der Waals surface area contributed by atoms with Gasteiger partial charge in [0.05, 0.1) is 0 Å². The van der Waals surface area contributed by atoms with E-state index in [4.69, 9.17) is 9.15 Å². The Morgan fingerprint density at radius 2 is 2.15 bits per heavy atom. The lowest BCUT2D eigenvalue weighted by atomic mass is 10.1. The van der Waals surface area contributed by atoms with Gasteiger partial charge >= 0.3 is 0 Å². The lowest BCUT2D eigenvalue weighted by Crippen LogP contribution is -2.23. The number of nitrogens with one attached hydrogen (secondary N) is 1. The van der Waals surface area contributed by atoms with Crippen molar-refractivity contribution in [1.29, 1.82) is 0 Å². The molecule has 2 rings (SSSR count). The van der Waals surface area contributed by atoms with Crippen molar-refractivity contribution in [3.63, 3.8) is 0 Å². The van der Waals surface area contributed by atoms with Crippen LogP contribution in [-0.4, -0.2) is 13.1 Å². The maximum atomic E-state index is 4.81. The summed E-state index contributed by atoms with van der Waals surface area (Å²) in [6, 6.07) is 6.51. The summed E-state index contributed by atoms with van der Waals surface area (Å²) in [5.74, 6) is 0. The van der Waals surface area contributed by atoms with Crippen LogP contribution in [-0.2, 0) is 6.42 Å². The molecular weight excluding hydrogens is 166 g/mol. The summed E-state index contributed by atoms with van der Waals surface area (Å²) in [5, 5.41) is 3.19. The van der Waals surface area contributed by atoms with Gasteiger partial charge in [-0.25, -0.2) is 0 Å². The van der Waals surface area contributed by atoms with Crippen molar-refractivity contribution >= 4 is 11.2 Å². The number of fused-ring (bicyclic) bond motifs is 1. The van der Waals surface area contributed by atoms with Crippen molar-refractivity contribution in [1.82, 2.24) is 5.32 Å². The maximum absolute atomic E-state index is 4.81. The van der Waals surface area contributed by atoms with E-state index < -0.39 is 0 Å². The van der Waals surface area contributed by atoms with Crippen molar-refractivity contribution in [2.24, 2.45) is 0 Å². The molecule has 0 saturated carbocycles. The maximum Gasteiger partial charge on any atom is 0.225 e. The third-order valence-electron chi connectivity index (χ3n) is 2.26. The first-order chi connectivity index (χ1) is 6.29. The zero-order valence-corrected chi connectivity index (χ0v) is 7.83. The van der Waals surface area contributed by atoms with Crippen LogP contribution in [0.25, 0.3) is 11.2 Å². The molecule has 0 spiro atoms. The zero-order chi connectivity index (χ0) is 9.26. The summed E-state index contributed by atoms with van der Waals surface area (Å²) >= 11 is 0. The molecule has 1 N–H and O–H groups in total. The second-order valence-electron chi connectivity index (χ2n) is 3.34. The summed E-state index contributed by atoms with van der Waals surface area (Å²) in [5.41, 5.74) is 2.95. The van der Waals surface area contributed by atoms with Gasteiger partial charge in [0.25, 0.3) is 0 Å². The van der Waals surface area contributed by atoms with E-state index in [0.717, 1.165) is 17.6 Å². The van der Waals surface area contributed by atoms with Crippen molar-refractivity contribution in [3.8, 4) is 0 Å². The van der Waals surface area contributed by atoms with Gasteiger partial charge in [-0.3, -0.25) is 9.15 Å². The Kier molecular flexibility index (Phi) is 2.10. The molecule has 1 aromatic carbocycles. The number of hydrogen-bond acceptors (Lipinski definition) is 3. The van der Waals surface area contributed by atoms with Gasteiger partial charge < -0.3 is 5.32 Å². The molecule has 0 radical (unpaired) electrons. The summed E-state index contributed by atoms with van der Waals surface area (Å²) in [7, 11) is 1.96. The van der Waals surface area contributed by atoms with E-state index in [0.29, 0.717) is 6.04 Å². The van der Waals surface area contributed by atoms with Gasteiger partial charge in [0.2, 0.25) is 11.2 Å². The van der Waals surface area contributed by atoms with Gasteiger partial charge in [-0.1, -0.05) is 6.07 Å². The average molecular weight is 181 g/mol. The van der Waals surface area contributed by atoms with Crippen molar-refractivity contribution in [2.75, 3.05) is 7.05 Å². The van der Waals surface area contributed by atoms with E-state index in [2.05, 4.69) is 18.3 Å². The second-order valence-corrected chi connectivity index (χ2v) is 3.34.